The van der Waals surface area contributed by atoms with E-state index in [9.17, 15) is 10.1 Å². The molecule has 0 amide bonds. The Labute approximate surface area is 88.0 Å². The zero-order valence-electron chi connectivity index (χ0n) is 9.04. The second-order valence-corrected chi connectivity index (χ2v) is 2.76. The molecule has 0 saturated heterocycles. The second-order valence-electron chi connectivity index (χ2n) is 2.01. The van der Waals surface area contributed by atoms with Crippen LogP contribution in [0.5, 0.6) is 0 Å². The predicted molar refractivity (Wildman–Crippen MR) is 50.5 cm³/mol. The van der Waals surface area contributed by atoms with E-state index < -0.39 is 22.7 Å². The fourth-order valence-electron chi connectivity index (χ4n) is 0.747. The van der Waals surface area contributed by atoms with Gasteiger partial charge in [-0.25, -0.2) is 4.98 Å². The van der Waals surface area contributed by atoms with E-state index in [0.29, 0.717) is 0 Å². The van der Waals surface area contributed by atoms with Crippen molar-refractivity contribution in [2.45, 2.75) is 0 Å². The van der Waals surface area contributed by atoms with E-state index >= 15 is 0 Å². The van der Waals surface area contributed by atoms with Gasteiger partial charge in [0.1, 0.15) is 10.8 Å². The van der Waals surface area contributed by atoms with E-state index in [0.717, 1.165) is 6.07 Å². The third kappa shape index (κ3) is 1.99. The number of halogens is 2. The molecule has 0 atom stereocenters. The van der Waals surface area contributed by atoms with Gasteiger partial charge in [-0.2, -0.15) is 0 Å². The van der Waals surface area contributed by atoms with Crippen molar-refractivity contribution < 1.29 is 9.04 Å². The summed E-state index contributed by atoms with van der Waals surface area (Å²) in [4.78, 5) is 13.3. The van der Waals surface area contributed by atoms with Crippen molar-refractivity contribution in [3.8, 4) is 0 Å². The third-order valence-electron chi connectivity index (χ3n) is 1.24. The van der Waals surface area contributed by atoms with E-state index in [-0.39, 0.29) is 10.8 Å². The Bertz CT molecular complexity index is 438. The van der Waals surface area contributed by atoms with Crippen molar-refractivity contribution in [2.24, 2.45) is 0 Å². The van der Waals surface area contributed by atoms with Crippen molar-refractivity contribution in [3.63, 3.8) is 0 Å². The lowest BCUT2D eigenvalue weighted by molar-refractivity contribution is -0.384. The summed E-state index contributed by atoms with van der Waals surface area (Å²) in [6.45, 7) is -2.58. The summed E-state index contributed by atoms with van der Waals surface area (Å²) in [6, 6.07) is 1.03. The minimum atomic E-state index is -2.58. The number of nitrogens with zero attached hydrogens (tertiary/aromatic N) is 2. The van der Waals surface area contributed by atoms with Crippen molar-refractivity contribution in [1.82, 2.24) is 4.98 Å². The number of aromatic nitrogens is 1. The van der Waals surface area contributed by atoms with Gasteiger partial charge in [-0.1, -0.05) is 23.2 Å². The molecule has 0 aliphatic rings. The first-order valence-electron chi connectivity index (χ1n) is 4.49. The molecule has 1 heterocycles. The molecule has 0 aromatic carbocycles. The summed E-state index contributed by atoms with van der Waals surface area (Å²) in [7, 11) is 0. The second kappa shape index (κ2) is 3.76. The highest BCUT2D eigenvalue weighted by atomic mass is 35.5. The Morgan fingerprint density at radius 3 is 3.00 bits per heavy atom. The zero-order valence-corrected chi connectivity index (χ0v) is 7.56. The van der Waals surface area contributed by atoms with Crippen molar-refractivity contribution in [3.05, 3.63) is 26.5 Å². The zero-order chi connectivity index (χ0) is 12.5. The molecule has 5 nitrogen and oxygen atoms in total. The Hall–Kier alpha value is -1.07. The summed E-state index contributed by atoms with van der Waals surface area (Å²) in [6.07, 6.45) is 0. The van der Waals surface area contributed by atoms with Gasteiger partial charge in [0, 0.05) is 17.2 Å². The lowest BCUT2D eigenvalue weighted by Crippen LogP contribution is -1.98. The maximum atomic E-state index is 10.7. The van der Waals surface area contributed by atoms with Crippen LogP contribution in [0.4, 0.5) is 11.4 Å². The molecule has 0 spiro atoms. The average molecular weight is 225 g/mol. The predicted octanol–water partition coefficient (Wildman–Crippen LogP) is 2.34. The Kier molecular flexibility index (Phi) is 1.85. The van der Waals surface area contributed by atoms with Crippen LogP contribution in [0.25, 0.3) is 0 Å². The maximum Gasteiger partial charge on any atom is 0.329 e. The average Bonchev–Trinajstić information content (AvgIpc) is 1.96. The highest BCUT2D eigenvalue weighted by Gasteiger charge is 2.20. The molecule has 1 rings (SSSR count). The van der Waals surface area contributed by atoms with Crippen LogP contribution >= 0.6 is 23.2 Å². The van der Waals surface area contributed by atoms with Gasteiger partial charge in [0.2, 0.25) is 5.15 Å². The molecule has 0 radical (unpaired) electrons. The third-order valence-corrected chi connectivity index (χ3v) is 1.69. The van der Waals surface area contributed by atoms with Crippen molar-refractivity contribution in [1.29, 1.82) is 0 Å². The van der Waals surface area contributed by atoms with Crippen LogP contribution in [0, 0.1) is 10.1 Å². The first-order chi connectivity index (χ1) is 7.20. The number of hydrogen-bond acceptors (Lipinski definition) is 4. The van der Waals surface area contributed by atoms with Crippen LogP contribution < -0.4 is 5.32 Å². The molecule has 1 N–H and O–H groups in total. The number of rotatable bonds is 2. The van der Waals surface area contributed by atoms with E-state index in [1.807, 2.05) is 5.32 Å². The molecule has 70 valence electrons. The van der Waals surface area contributed by atoms with Gasteiger partial charge in [-0.05, 0) is 0 Å². The van der Waals surface area contributed by atoms with E-state index in [1.54, 1.807) is 0 Å². The van der Waals surface area contributed by atoms with Gasteiger partial charge in [0.15, 0.2) is 0 Å². The molecule has 13 heavy (non-hydrogen) atoms. The van der Waals surface area contributed by atoms with Crippen LogP contribution in [0.1, 0.15) is 4.11 Å². The fraction of sp³-hybridized carbons (Fsp3) is 0.167. The van der Waals surface area contributed by atoms with E-state index in [2.05, 4.69) is 4.98 Å². The minimum Gasteiger partial charge on any atom is -0.382 e. The summed E-state index contributed by atoms with van der Waals surface area (Å²) in [5.41, 5.74) is -0.919. The quantitative estimate of drug-likeness (QED) is 0.476. The summed E-state index contributed by atoms with van der Waals surface area (Å²) >= 11 is 11.0. The van der Waals surface area contributed by atoms with Gasteiger partial charge in [-0.15, -0.1) is 0 Å². The Morgan fingerprint density at radius 1 is 1.77 bits per heavy atom. The smallest absolute Gasteiger partial charge is 0.329 e. The molecule has 0 aliphatic heterocycles. The summed E-state index contributed by atoms with van der Waals surface area (Å²) < 4.78 is 20.8. The molecule has 0 saturated carbocycles. The number of pyridine rings is 1. The highest BCUT2D eigenvalue weighted by Crippen LogP contribution is 2.32. The van der Waals surface area contributed by atoms with E-state index in [1.165, 1.54) is 0 Å². The van der Waals surface area contributed by atoms with Gasteiger partial charge in [-0.3, -0.25) is 10.1 Å². The van der Waals surface area contributed by atoms with Gasteiger partial charge in [0.25, 0.3) is 0 Å². The number of hydrogen-bond donors (Lipinski definition) is 1. The van der Waals surface area contributed by atoms with Gasteiger partial charge in [0.05, 0.1) is 4.92 Å². The largest absolute Gasteiger partial charge is 0.382 e. The molecule has 0 bridgehead atoms. The summed E-state index contributed by atoms with van der Waals surface area (Å²) in [5.74, 6) is 0. The molecular formula is C6H5Cl2N3O2. The SMILES string of the molecule is [2H]C([2H])([2H])Nc1cc(Cl)nc(Cl)c1[N+](=O)[O-]. The maximum absolute atomic E-state index is 10.7. The summed E-state index contributed by atoms with van der Waals surface area (Å²) in [5, 5.41) is 12.0. The number of nitrogens with one attached hydrogen (secondary N) is 1. The molecule has 0 fully saturated rings. The molecule has 0 aliphatic carbocycles. The van der Waals surface area contributed by atoms with Crippen molar-refractivity contribution in [2.75, 3.05) is 12.3 Å². The first-order valence-corrected chi connectivity index (χ1v) is 3.75. The highest BCUT2D eigenvalue weighted by molar-refractivity contribution is 6.34. The number of nitro groups is 1. The molecular weight excluding hydrogens is 217 g/mol. The van der Waals surface area contributed by atoms with Crippen LogP contribution in [0.2, 0.25) is 10.3 Å². The van der Waals surface area contributed by atoms with Gasteiger partial charge < -0.3 is 5.32 Å². The lowest BCUT2D eigenvalue weighted by Gasteiger charge is -2.02. The van der Waals surface area contributed by atoms with Crippen molar-refractivity contribution >= 4 is 34.6 Å². The normalized spacial score (nSPS) is 14.2. The van der Waals surface area contributed by atoms with E-state index in [4.69, 9.17) is 27.3 Å². The lowest BCUT2D eigenvalue weighted by atomic mass is 10.3. The van der Waals surface area contributed by atoms with Gasteiger partial charge >= 0.3 is 5.69 Å². The molecule has 1 aromatic rings. The molecule has 1 aromatic heterocycles. The van der Waals surface area contributed by atoms with Crippen LogP contribution in [-0.4, -0.2) is 16.9 Å². The van der Waals surface area contributed by atoms with Crippen LogP contribution in [-0.2, 0) is 0 Å². The fourth-order valence-corrected chi connectivity index (χ4v) is 1.25. The number of anilines is 1. The standard InChI is InChI=1S/C6H5Cl2N3O2/c1-9-3-2-4(7)10-6(8)5(3)11(12)13/h2H,1H3,(H,9,10)/i1D3. The first kappa shape index (κ1) is 6.39. The Balaban J connectivity index is 3.30. The van der Waals surface area contributed by atoms with Crippen LogP contribution in [0.15, 0.2) is 6.07 Å². The Morgan fingerprint density at radius 2 is 2.46 bits per heavy atom. The molecule has 7 heteroatoms. The van der Waals surface area contributed by atoms with Crippen LogP contribution in [0.3, 0.4) is 0 Å². The minimum absolute atomic E-state index is 0.137. The molecule has 0 unspecified atom stereocenters. The monoisotopic (exact) mass is 224 g/mol. The topological polar surface area (TPSA) is 68.1 Å².